The molecule has 0 saturated carbocycles. The molecule has 0 bridgehead atoms. The van der Waals surface area contributed by atoms with Crippen molar-refractivity contribution in [2.24, 2.45) is 5.73 Å². The second-order valence-electron chi connectivity index (χ2n) is 3.14. The van der Waals surface area contributed by atoms with E-state index in [1.54, 1.807) is 18.2 Å². The molecule has 0 fully saturated rings. The van der Waals surface area contributed by atoms with Crippen molar-refractivity contribution in [2.75, 3.05) is 6.54 Å². The lowest BCUT2D eigenvalue weighted by Crippen LogP contribution is -2.00. The Morgan fingerprint density at radius 2 is 2.12 bits per heavy atom. The maximum atomic E-state index is 11.6. The number of nitrogens with zero attached hydrogens (tertiary/aromatic N) is 1. The Bertz CT molecular complexity index is 475. The monoisotopic (exact) mass is 212 g/mol. The van der Waals surface area contributed by atoms with Crippen molar-refractivity contribution in [3.05, 3.63) is 35.4 Å². The van der Waals surface area contributed by atoms with Gasteiger partial charge in [0.05, 0.1) is 12.5 Å². The Hall–Kier alpha value is -2.10. The summed E-state index contributed by atoms with van der Waals surface area (Å²) in [5, 5.41) is 8.48. The molecule has 0 aliphatic carbocycles. The predicted molar refractivity (Wildman–Crippen MR) is 61.6 cm³/mol. The van der Waals surface area contributed by atoms with Gasteiger partial charge in [0, 0.05) is 24.1 Å². The summed E-state index contributed by atoms with van der Waals surface area (Å²) in [6.45, 7) is 0.501. The predicted octanol–water partition coefficient (Wildman–Crippen LogP) is 1.48. The van der Waals surface area contributed by atoms with Gasteiger partial charge >= 0.3 is 0 Å². The van der Waals surface area contributed by atoms with Crippen molar-refractivity contribution < 1.29 is 4.79 Å². The van der Waals surface area contributed by atoms with E-state index in [1.165, 1.54) is 0 Å². The maximum absolute atomic E-state index is 11.6. The van der Waals surface area contributed by atoms with Crippen LogP contribution in [0.1, 0.15) is 28.8 Å². The molecule has 16 heavy (non-hydrogen) atoms. The number of nitriles is 1. The minimum atomic E-state index is -0.194. The van der Waals surface area contributed by atoms with Crippen molar-refractivity contribution >= 4 is 5.78 Å². The molecule has 3 heteroatoms. The molecule has 0 aromatic heterocycles. The van der Waals surface area contributed by atoms with Crippen LogP contribution in [0.2, 0.25) is 0 Å². The van der Waals surface area contributed by atoms with E-state index in [0.29, 0.717) is 24.1 Å². The second kappa shape index (κ2) is 6.40. The van der Waals surface area contributed by atoms with Crippen molar-refractivity contribution in [1.29, 1.82) is 5.26 Å². The van der Waals surface area contributed by atoms with Gasteiger partial charge in [0.15, 0.2) is 5.78 Å². The highest BCUT2D eigenvalue weighted by Gasteiger charge is 2.08. The van der Waals surface area contributed by atoms with Crippen LogP contribution in [0.3, 0.4) is 0 Å². The number of benzene rings is 1. The summed E-state index contributed by atoms with van der Waals surface area (Å²) in [7, 11) is 0. The zero-order chi connectivity index (χ0) is 11.8. The molecule has 0 unspecified atom stereocenters. The third kappa shape index (κ3) is 3.24. The van der Waals surface area contributed by atoms with Crippen molar-refractivity contribution in [1.82, 2.24) is 0 Å². The van der Waals surface area contributed by atoms with Gasteiger partial charge in [0.25, 0.3) is 0 Å². The zero-order valence-electron chi connectivity index (χ0n) is 8.86. The van der Waals surface area contributed by atoms with Gasteiger partial charge in [-0.3, -0.25) is 4.79 Å². The number of hydrogen-bond donors (Lipinski definition) is 1. The van der Waals surface area contributed by atoms with Gasteiger partial charge < -0.3 is 5.73 Å². The molecule has 0 amide bonds. The highest BCUT2D eigenvalue weighted by atomic mass is 16.1. The minimum absolute atomic E-state index is 0.115. The Balaban J connectivity index is 2.98. The molecule has 1 rings (SSSR count). The fourth-order valence-corrected chi connectivity index (χ4v) is 1.23. The molecule has 0 aliphatic rings. The van der Waals surface area contributed by atoms with Crippen LogP contribution in [0.15, 0.2) is 24.3 Å². The van der Waals surface area contributed by atoms with E-state index in [0.717, 1.165) is 0 Å². The fraction of sp³-hybridized carbons (Fsp3) is 0.231. The normalized spacial score (nSPS) is 8.75. The summed E-state index contributed by atoms with van der Waals surface area (Å²) in [4.78, 5) is 11.6. The SMILES string of the molecule is N#CCC(=O)c1ccccc1C#CCCN. The second-order valence-corrected chi connectivity index (χ2v) is 3.14. The molecular formula is C13H12N2O. The van der Waals surface area contributed by atoms with Gasteiger partial charge in [-0.1, -0.05) is 30.0 Å². The number of rotatable bonds is 3. The van der Waals surface area contributed by atoms with Crippen LogP contribution >= 0.6 is 0 Å². The quantitative estimate of drug-likeness (QED) is 0.609. The largest absolute Gasteiger partial charge is 0.330 e. The average Bonchev–Trinajstić information content (AvgIpc) is 2.30. The van der Waals surface area contributed by atoms with Crippen LogP contribution in [0.4, 0.5) is 0 Å². The number of carbonyl (C=O) groups is 1. The molecular weight excluding hydrogens is 200 g/mol. The molecule has 0 aliphatic heterocycles. The first kappa shape index (κ1) is 12.0. The number of Topliss-reactive ketones (excluding diaryl/α,β-unsaturated/α-hetero) is 1. The van der Waals surface area contributed by atoms with Crippen molar-refractivity contribution in [3.8, 4) is 17.9 Å². The molecule has 3 nitrogen and oxygen atoms in total. The van der Waals surface area contributed by atoms with Crippen LogP contribution < -0.4 is 5.73 Å². The number of nitrogens with two attached hydrogens (primary N) is 1. The fourth-order valence-electron chi connectivity index (χ4n) is 1.23. The third-order valence-corrected chi connectivity index (χ3v) is 1.96. The van der Waals surface area contributed by atoms with Gasteiger partial charge in [0.1, 0.15) is 0 Å². The standard InChI is InChI=1S/C13H12N2O/c14-9-4-3-6-11-5-1-2-7-12(11)13(16)8-10-15/h1-2,5,7H,4,8-9,14H2. The van der Waals surface area contributed by atoms with E-state index in [1.807, 2.05) is 12.1 Å². The van der Waals surface area contributed by atoms with Gasteiger partial charge in [-0.2, -0.15) is 5.26 Å². The van der Waals surface area contributed by atoms with E-state index in [2.05, 4.69) is 11.8 Å². The van der Waals surface area contributed by atoms with Crippen LogP contribution in [0, 0.1) is 23.2 Å². The highest BCUT2D eigenvalue weighted by Crippen LogP contribution is 2.09. The third-order valence-electron chi connectivity index (χ3n) is 1.96. The van der Waals surface area contributed by atoms with Crippen molar-refractivity contribution in [2.45, 2.75) is 12.8 Å². The number of carbonyl (C=O) groups excluding carboxylic acids is 1. The lowest BCUT2D eigenvalue weighted by atomic mass is 10.0. The Labute approximate surface area is 94.9 Å². The number of ketones is 1. The minimum Gasteiger partial charge on any atom is -0.330 e. The summed E-state index contributed by atoms with van der Waals surface area (Å²) in [6, 6.07) is 8.88. The summed E-state index contributed by atoms with van der Waals surface area (Å²) in [6.07, 6.45) is 0.482. The highest BCUT2D eigenvalue weighted by molar-refractivity contribution is 5.99. The molecule has 80 valence electrons. The van der Waals surface area contributed by atoms with Gasteiger partial charge in [0.2, 0.25) is 0 Å². The first-order valence-corrected chi connectivity index (χ1v) is 4.97. The molecule has 0 heterocycles. The molecule has 0 saturated heterocycles. The smallest absolute Gasteiger partial charge is 0.178 e. The summed E-state index contributed by atoms with van der Waals surface area (Å²) >= 11 is 0. The molecule has 0 radical (unpaired) electrons. The zero-order valence-corrected chi connectivity index (χ0v) is 8.86. The Morgan fingerprint density at radius 3 is 2.81 bits per heavy atom. The molecule has 2 N–H and O–H groups in total. The van der Waals surface area contributed by atoms with E-state index >= 15 is 0 Å². The van der Waals surface area contributed by atoms with E-state index in [4.69, 9.17) is 11.0 Å². The van der Waals surface area contributed by atoms with Gasteiger partial charge in [-0.25, -0.2) is 0 Å². The maximum Gasteiger partial charge on any atom is 0.178 e. The summed E-state index contributed by atoms with van der Waals surface area (Å²) in [5.41, 5.74) is 6.50. The van der Waals surface area contributed by atoms with E-state index < -0.39 is 0 Å². The Morgan fingerprint density at radius 1 is 1.38 bits per heavy atom. The molecule has 1 aromatic carbocycles. The lowest BCUT2D eigenvalue weighted by molar-refractivity contribution is 0.0997. The molecule has 0 spiro atoms. The van der Waals surface area contributed by atoms with E-state index in [-0.39, 0.29) is 12.2 Å². The Kier molecular flexibility index (Phi) is 4.79. The van der Waals surface area contributed by atoms with Crippen LogP contribution in [0.5, 0.6) is 0 Å². The molecule has 1 aromatic rings. The number of hydrogen-bond acceptors (Lipinski definition) is 3. The first-order valence-electron chi connectivity index (χ1n) is 4.97. The van der Waals surface area contributed by atoms with Gasteiger partial charge in [-0.15, -0.1) is 0 Å². The van der Waals surface area contributed by atoms with Crippen LogP contribution in [-0.2, 0) is 0 Å². The summed E-state index contributed by atoms with van der Waals surface area (Å²) in [5.74, 6) is 5.58. The topological polar surface area (TPSA) is 66.9 Å². The summed E-state index contributed by atoms with van der Waals surface area (Å²) < 4.78 is 0. The van der Waals surface area contributed by atoms with E-state index in [9.17, 15) is 4.79 Å². The average molecular weight is 212 g/mol. The van der Waals surface area contributed by atoms with Crippen LogP contribution in [0.25, 0.3) is 0 Å². The molecule has 0 atom stereocenters. The first-order chi connectivity index (χ1) is 7.79. The van der Waals surface area contributed by atoms with Crippen molar-refractivity contribution in [3.63, 3.8) is 0 Å². The van der Waals surface area contributed by atoms with Crippen LogP contribution in [-0.4, -0.2) is 12.3 Å². The van der Waals surface area contributed by atoms with Gasteiger partial charge in [-0.05, 0) is 6.07 Å². The lowest BCUT2D eigenvalue weighted by Gasteiger charge is -1.99.